The van der Waals surface area contributed by atoms with Crippen molar-refractivity contribution >= 4 is 21.6 Å². The Kier molecular flexibility index (Phi) is 5.64. The van der Waals surface area contributed by atoms with Gasteiger partial charge in [-0.05, 0) is 24.1 Å². The van der Waals surface area contributed by atoms with E-state index in [9.17, 15) is 8.42 Å². The second kappa shape index (κ2) is 7.95. The summed E-state index contributed by atoms with van der Waals surface area (Å²) in [5, 5.41) is 11.1. The van der Waals surface area contributed by atoms with Gasteiger partial charge in [0.15, 0.2) is 27.2 Å². The average molecular weight is 393 g/mol. The highest BCUT2D eigenvalue weighted by Gasteiger charge is 2.31. The predicted molar refractivity (Wildman–Crippen MR) is 102 cm³/mol. The van der Waals surface area contributed by atoms with Gasteiger partial charge in [-0.2, -0.15) is 10.1 Å². The second-order valence-corrected chi connectivity index (χ2v) is 8.58. The van der Waals surface area contributed by atoms with Crippen molar-refractivity contribution in [2.75, 3.05) is 43.0 Å². The van der Waals surface area contributed by atoms with Gasteiger partial charge in [0.05, 0.1) is 31.9 Å². The maximum absolute atomic E-state index is 11.7. The third kappa shape index (κ3) is 4.57. The second-order valence-electron chi connectivity index (χ2n) is 6.35. The minimum Gasteiger partial charge on any atom is -0.493 e. The number of aromatic nitrogens is 3. The molecule has 10 heteroatoms. The van der Waals surface area contributed by atoms with Crippen molar-refractivity contribution in [3.05, 3.63) is 30.0 Å². The van der Waals surface area contributed by atoms with Crippen LogP contribution in [0.25, 0.3) is 0 Å². The van der Waals surface area contributed by atoms with Gasteiger partial charge in [0, 0.05) is 19.6 Å². The van der Waals surface area contributed by atoms with Crippen LogP contribution >= 0.6 is 0 Å². The van der Waals surface area contributed by atoms with Crippen LogP contribution in [0.15, 0.2) is 24.4 Å². The maximum atomic E-state index is 11.7. The summed E-state index contributed by atoms with van der Waals surface area (Å²) in [4.78, 5) is 6.29. The molecule has 1 aliphatic heterocycles. The van der Waals surface area contributed by atoms with E-state index >= 15 is 0 Å². The normalized spacial score (nSPS) is 18.1. The number of ether oxygens (including phenoxy) is 2. The third-order valence-corrected chi connectivity index (χ3v) is 6.31. The summed E-state index contributed by atoms with van der Waals surface area (Å²) in [6.45, 7) is 0.479. The van der Waals surface area contributed by atoms with E-state index < -0.39 is 9.84 Å². The number of sulfone groups is 1. The molecule has 146 valence electrons. The maximum Gasteiger partial charge on any atom is 0.244 e. The topological polar surface area (TPSA) is 107 Å². The highest BCUT2D eigenvalue weighted by molar-refractivity contribution is 7.91. The van der Waals surface area contributed by atoms with E-state index in [-0.39, 0.29) is 17.5 Å². The van der Waals surface area contributed by atoms with Gasteiger partial charge >= 0.3 is 0 Å². The number of hydrogen-bond donors (Lipinski definition) is 1. The van der Waals surface area contributed by atoms with Crippen LogP contribution in [-0.4, -0.2) is 62.4 Å². The molecule has 0 radical (unpaired) electrons. The molecule has 0 bridgehead atoms. The lowest BCUT2D eigenvalue weighted by Gasteiger charge is -2.24. The van der Waals surface area contributed by atoms with Crippen molar-refractivity contribution < 1.29 is 17.9 Å². The standard InChI is InChI=1S/C17H23N5O4S/c1-22(13-6-7-27(23,24)11-13)16-10-19-21-17(20-16)18-9-12-4-5-14(25-2)15(8-12)26-3/h4-5,8,10,13H,6-7,9,11H2,1-3H3,(H,18,20,21). The summed E-state index contributed by atoms with van der Waals surface area (Å²) in [6, 6.07) is 5.53. The molecule has 1 atom stereocenters. The lowest BCUT2D eigenvalue weighted by atomic mass is 10.2. The number of hydrogen-bond acceptors (Lipinski definition) is 9. The van der Waals surface area contributed by atoms with E-state index in [1.165, 1.54) is 6.20 Å². The summed E-state index contributed by atoms with van der Waals surface area (Å²) in [6.07, 6.45) is 2.13. The van der Waals surface area contributed by atoms with Crippen LogP contribution in [-0.2, 0) is 16.4 Å². The van der Waals surface area contributed by atoms with Crippen molar-refractivity contribution in [2.45, 2.75) is 19.0 Å². The minimum absolute atomic E-state index is 0.0922. The highest BCUT2D eigenvalue weighted by Crippen LogP contribution is 2.28. The number of rotatable bonds is 7. The lowest BCUT2D eigenvalue weighted by Crippen LogP contribution is -2.33. The van der Waals surface area contributed by atoms with E-state index in [4.69, 9.17) is 9.47 Å². The molecule has 1 N–H and O–H groups in total. The van der Waals surface area contributed by atoms with Crippen LogP contribution in [0.3, 0.4) is 0 Å². The van der Waals surface area contributed by atoms with E-state index in [0.29, 0.717) is 36.2 Å². The molecule has 1 unspecified atom stereocenters. The molecule has 0 aliphatic carbocycles. The monoisotopic (exact) mass is 393 g/mol. The van der Waals surface area contributed by atoms with Crippen LogP contribution in [0.2, 0.25) is 0 Å². The average Bonchev–Trinajstić information content (AvgIpc) is 3.05. The van der Waals surface area contributed by atoms with Crippen LogP contribution in [0.1, 0.15) is 12.0 Å². The Morgan fingerprint density at radius 2 is 2.04 bits per heavy atom. The summed E-state index contributed by atoms with van der Waals surface area (Å²) in [5.41, 5.74) is 0.969. The molecule has 1 saturated heterocycles. The first-order valence-corrected chi connectivity index (χ1v) is 10.3. The fourth-order valence-corrected chi connectivity index (χ4v) is 4.75. The van der Waals surface area contributed by atoms with Crippen molar-refractivity contribution in [1.82, 2.24) is 15.2 Å². The Hall–Kier alpha value is -2.62. The fourth-order valence-electron chi connectivity index (χ4n) is 2.98. The SMILES string of the molecule is COc1ccc(CNc2nncc(N(C)C3CCS(=O)(=O)C3)n2)cc1OC. The molecule has 0 amide bonds. The molecule has 9 nitrogen and oxygen atoms in total. The van der Waals surface area contributed by atoms with Gasteiger partial charge in [0.25, 0.3) is 0 Å². The Morgan fingerprint density at radius 1 is 1.26 bits per heavy atom. The zero-order valence-corrected chi connectivity index (χ0v) is 16.4. The molecule has 1 aromatic carbocycles. The van der Waals surface area contributed by atoms with Crippen molar-refractivity contribution in [2.24, 2.45) is 0 Å². The van der Waals surface area contributed by atoms with Gasteiger partial charge in [-0.15, -0.1) is 5.10 Å². The summed E-state index contributed by atoms with van der Waals surface area (Å²) >= 11 is 0. The Morgan fingerprint density at radius 3 is 2.70 bits per heavy atom. The van der Waals surface area contributed by atoms with Gasteiger partial charge in [0.2, 0.25) is 5.95 Å². The van der Waals surface area contributed by atoms with E-state index in [2.05, 4.69) is 20.5 Å². The molecule has 27 heavy (non-hydrogen) atoms. The van der Waals surface area contributed by atoms with E-state index in [1.54, 1.807) is 14.2 Å². The highest BCUT2D eigenvalue weighted by atomic mass is 32.2. The van der Waals surface area contributed by atoms with Crippen molar-refractivity contribution in [3.63, 3.8) is 0 Å². The third-order valence-electron chi connectivity index (χ3n) is 4.56. The van der Waals surface area contributed by atoms with Gasteiger partial charge in [-0.1, -0.05) is 6.07 Å². The number of benzene rings is 1. The van der Waals surface area contributed by atoms with Gasteiger partial charge in [0.1, 0.15) is 0 Å². The molecule has 2 aromatic rings. The van der Waals surface area contributed by atoms with Gasteiger partial charge < -0.3 is 19.7 Å². The zero-order chi connectivity index (χ0) is 19.4. The first-order valence-electron chi connectivity index (χ1n) is 8.49. The predicted octanol–water partition coefficient (Wildman–Crippen LogP) is 1.12. The molecular formula is C17H23N5O4S. The number of nitrogens with one attached hydrogen (secondary N) is 1. The smallest absolute Gasteiger partial charge is 0.244 e. The molecule has 0 saturated carbocycles. The Bertz CT molecular complexity index is 906. The quantitative estimate of drug-likeness (QED) is 0.740. The fraction of sp³-hybridized carbons (Fsp3) is 0.471. The van der Waals surface area contributed by atoms with Crippen molar-refractivity contribution in [1.29, 1.82) is 0 Å². The molecule has 1 fully saturated rings. The molecule has 1 aliphatic rings. The van der Waals surface area contributed by atoms with Crippen LogP contribution in [0.5, 0.6) is 11.5 Å². The lowest BCUT2D eigenvalue weighted by molar-refractivity contribution is 0.354. The molecule has 1 aromatic heterocycles. The largest absolute Gasteiger partial charge is 0.493 e. The molecule has 0 spiro atoms. The van der Waals surface area contributed by atoms with Crippen LogP contribution < -0.4 is 19.7 Å². The van der Waals surface area contributed by atoms with E-state index in [0.717, 1.165) is 5.56 Å². The molecule has 2 heterocycles. The van der Waals surface area contributed by atoms with Crippen LogP contribution in [0, 0.1) is 0 Å². The van der Waals surface area contributed by atoms with Gasteiger partial charge in [-0.25, -0.2) is 8.42 Å². The zero-order valence-electron chi connectivity index (χ0n) is 15.5. The Labute approximate surface area is 158 Å². The summed E-state index contributed by atoms with van der Waals surface area (Å²) < 4.78 is 33.9. The number of nitrogens with zero attached hydrogens (tertiary/aromatic N) is 4. The number of methoxy groups -OCH3 is 2. The summed E-state index contributed by atoms with van der Waals surface area (Å²) in [5.74, 6) is 2.62. The first-order chi connectivity index (χ1) is 12.9. The first kappa shape index (κ1) is 19.2. The minimum atomic E-state index is -2.96. The molecular weight excluding hydrogens is 370 g/mol. The van der Waals surface area contributed by atoms with Crippen molar-refractivity contribution in [3.8, 4) is 11.5 Å². The number of anilines is 2. The Balaban J connectivity index is 1.67. The van der Waals surface area contributed by atoms with Gasteiger partial charge in [-0.3, -0.25) is 0 Å². The van der Waals surface area contributed by atoms with E-state index in [1.807, 2.05) is 30.1 Å². The van der Waals surface area contributed by atoms with Crippen LogP contribution in [0.4, 0.5) is 11.8 Å². The summed E-state index contributed by atoms with van der Waals surface area (Å²) in [7, 11) is 2.04. The molecule has 3 rings (SSSR count).